The van der Waals surface area contributed by atoms with Crippen LogP contribution in [0, 0.1) is 12.7 Å². The van der Waals surface area contributed by atoms with Crippen LogP contribution in [0.15, 0.2) is 64.2 Å². The smallest absolute Gasteiger partial charge is 0.329 e. The van der Waals surface area contributed by atoms with E-state index in [9.17, 15) is 18.8 Å². The van der Waals surface area contributed by atoms with Crippen LogP contribution in [-0.4, -0.2) is 37.7 Å². The minimum absolute atomic E-state index is 0.132. The van der Waals surface area contributed by atoms with Gasteiger partial charge in [0.05, 0.1) is 23.5 Å². The van der Waals surface area contributed by atoms with Gasteiger partial charge in [-0.2, -0.15) is 5.10 Å². The standard InChI is InChI=1S/C25H21BrClFN4O5/c1-14-17(27)6-5-9-19(14)30-22(33)13-37-23-16(26)10-15(11-21(23)36-2)12-29-32-25(35)24(34)31-20-8-4-3-7-18(20)28/h3-12H,13H2,1-2H3,(H,30,33)(H,31,34)(H,32,35)/b29-12-. The molecule has 0 spiro atoms. The van der Waals surface area contributed by atoms with E-state index in [2.05, 4.69) is 37.1 Å². The topological polar surface area (TPSA) is 118 Å². The third-order valence-corrected chi connectivity index (χ3v) is 5.85. The van der Waals surface area contributed by atoms with Crippen molar-refractivity contribution in [1.29, 1.82) is 0 Å². The molecular formula is C25H21BrClFN4O5. The minimum Gasteiger partial charge on any atom is -0.493 e. The molecule has 3 rings (SSSR count). The lowest BCUT2D eigenvalue weighted by Crippen LogP contribution is -2.32. The van der Waals surface area contributed by atoms with Gasteiger partial charge in [0.2, 0.25) is 0 Å². The molecule has 0 aliphatic carbocycles. The summed E-state index contributed by atoms with van der Waals surface area (Å²) in [5, 5.41) is 9.16. The number of hydrogen-bond donors (Lipinski definition) is 3. The molecule has 0 atom stereocenters. The lowest BCUT2D eigenvalue weighted by atomic mass is 10.2. The first-order valence-electron chi connectivity index (χ1n) is 10.6. The highest BCUT2D eigenvalue weighted by Crippen LogP contribution is 2.36. The number of carbonyl (C=O) groups excluding carboxylic acids is 3. The predicted octanol–water partition coefficient (Wildman–Crippen LogP) is 4.66. The average Bonchev–Trinajstić information content (AvgIpc) is 2.87. The van der Waals surface area contributed by atoms with Gasteiger partial charge in [-0.3, -0.25) is 14.4 Å². The van der Waals surface area contributed by atoms with Crippen molar-refractivity contribution in [2.45, 2.75) is 6.92 Å². The first-order valence-corrected chi connectivity index (χ1v) is 11.8. The SMILES string of the molecule is COc1cc(/C=N\NC(=O)C(=O)Nc2ccccc2F)cc(Br)c1OCC(=O)Nc1cccc(Cl)c1C. The average molecular weight is 592 g/mol. The molecule has 0 aromatic heterocycles. The van der Waals surface area contributed by atoms with Crippen molar-refractivity contribution in [3.05, 3.63) is 81.0 Å². The zero-order valence-corrected chi connectivity index (χ0v) is 21.9. The third kappa shape index (κ3) is 7.51. The first kappa shape index (κ1) is 27.6. The summed E-state index contributed by atoms with van der Waals surface area (Å²) in [4.78, 5) is 36.3. The Morgan fingerprint density at radius 2 is 1.78 bits per heavy atom. The van der Waals surface area contributed by atoms with Crippen LogP contribution in [0.25, 0.3) is 0 Å². The van der Waals surface area contributed by atoms with Crippen LogP contribution < -0.4 is 25.5 Å². The molecule has 0 saturated carbocycles. The number of hydrazone groups is 1. The van der Waals surface area contributed by atoms with Crippen molar-refractivity contribution >= 4 is 62.8 Å². The summed E-state index contributed by atoms with van der Waals surface area (Å²) < 4.78 is 25.1. The Morgan fingerprint density at radius 3 is 2.51 bits per heavy atom. The van der Waals surface area contributed by atoms with Crippen LogP contribution in [0.1, 0.15) is 11.1 Å². The number of para-hydroxylation sites is 1. The van der Waals surface area contributed by atoms with Crippen molar-refractivity contribution in [1.82, 2.24) is 5.43 Å². The quantitative estimate of drug-likeness (QED) is 0.200. The monoisotopic (exact) mass is 590 g/mol. The fourth-order valence-corrected chi connectivity index (χ4v) is 3.73. The lowest BCUT2D eigenvalue weighted by Gasteiger charge is -2.14. The van der Waals surface area contributed by atoms with Crippen molar-refractivity contribution in [3.8, 4) is 11.5 Å². The molecule has 3 N–H and O–H groups in total. The number of carbonyl (C=O) groups is 3. The summed E-state index contributed by atoms with van der Waals surface area (Å²) in [5.74, 6) is -2.70. The summed E-state index contributed by atoms with van der Waals surface area (Å²) in [6.45, 7) is 1.48. The van der Waals surface area contributed by atoms with Crippen LogP contribution >= 0.6 is 27.5 Å². The number of benzene rings is 3. The number of anilines is 2. The van der Waals surface area contributed by atoms with E-state index >= 15 is 0 Å². The highest BCUT2D eigenvalue weighted by molar-refractivity contribution is 9.10. The first-order chi connectivity index (χ1) is 17.7. The normalized spacial score (nSPS) is 10.6. The summed E-state index contributed by atoms with van der Waals surface area (Å²) in [7, 11) is 1.42. The van der Waals surface area contributed by atoms with Gasteiger partial charge in [-0.1, -0.05) is 29.8 Å². The molecule has 0 fully saturated rings. The Bertz CT molecular complexity index is 1370. The molecule has 0 aliphatic rings. The lowest BCUT2D eigenvalue weighted by molar-refractivity contribution is -0.136. The van der Waals surface area contributed by atoms with Crippen molar-refractivity contribution in [2.24, 2.45) is 5.10 Å². The predicted molar refractivity (Wildman–Crippen MR) is 142 cm³/mol. The van der Waals surface area contributed by atoms with Gasteiger partial charge in [0.25, 0.3) is 5.91 Å². The molecule has 0 aliphatic heterocycles. The Hall–Kier alpha value is -3.96. The zero-order valence-electron chi connectivity index (χ0n) is 19.6. The molecule has 0 unspecified atom stereocenters. The van der Waals surface area contributed by atoms with Gasteiger partial charge in [0.1, 0.15) is 5.82 Å². The molecule has 37 heavy (non-hydrogen) atoms. The van der Waals surface area contributed by atoms with Crippen LogP contribution in [0.3, 0.4) is 0 Å². The maximum atomic E-state index is 13.6. The number of methoxy groups -OCH3 is 1. The maximum absolute atomic E-state index is 13.6. The number of halogens is 3. The molecule has 0 radical (unpaired) electrons. The van der Waals surface area contributed by atoms with Crippen molar-refractivity contribution < 1.29 is 28.2 Å². The van der Waals surface area contributed by atoms with E-state index in [0.29, 0.717) is 20.7 Å². The minimum atomic E-state index is -1.09. The second kappa shape index (κ2) is 12.8. The van der Waals surface area contributed by atoms with Gasteiger partial charge in [-0.05, 0) is 70.4 Å². The van der Waals surface area contributed by atoms with E-state index in [-0.39, 0.29) is 23.8 Å². The van der Waals surface area contributed by atoms with Gasteiger partial charge < -0.3 is 20.1 Å². The Balaban J connectivity index is 1.60. The maximum Gasteiger partial charge on any atom is 0.329 e. The van der Waals surface area contributed by atoms with E-state index in [1.54, 1.807) is 37.3 Å². The van der Waals surface area contributed by atoms with E-state index in [1.807, 2.05) is 0 Å². The summed E-state index contributed by atoms with van der Waals surface area (Å²) >= 11 is 9.44. The van der Waals surface area contributed by atoms with Crippen LogP contribution in [0.2, 0.25) is 5.02 Å². The van der Waals surface area contributed by atoms with Crippen LogP contribution in [-0.2, 0) is 14.4 Å². The van der Waals surface area contributed by atoms with Gasteiger partial charge in [-0.15, -0.1) is 0 Å². The van der Waals surface area contributed by atoms with Crippen molar-refractivity contribution in [3.63, 3.8) is 0 Å². The highest BCUT2D eigenvalue weighted by Gasteiger charge is 2.16. The molecule has 3 amide bonds. The fourth-order valence-electron chi connectivity index (χ4n) is 2.98. The molecule has 12 heteroatoms. The Kier molecular flexibility index (Phi) is 9.58. The van der Waals surface area contributed by atoms with E-state index in [0.717, 1.165) is 11.6 Å². The van der Waals surface area contributed by atoms with Gasteiger partial charge in [0.15, 0.2) is 18.1 Å². The molecular weight excluding hydrogens is 571 g/mol. The molecule has 3 aromatic carbocycles. The zero-order chi connectivity index (χ0) is 26.9. The van der Waals surface area contributed by atoms with Gasteiger partial charge >= 0.3 is 11.8 Å². The highest BCUT2D eigenvalue weighted by atomic mass is 79.9. The van der Waals surface area contributed by atoms with Crippen molar-refractivity contribution in [2.75, 3.05) is 24.4 Å². The Morgan fingerprint density at radius 1 is 1.05 bits per heavy atom. The van der Waals surface area contributed by atoms with Crippen LogP contribution in [0.5, 0.6) is 11.5 Å². The number of ether oxygens (including phenoxy) is 2. The fraction of sp³-hybridized carbons (Fsp3) is 0.120. The number of nitrogens with zero attached hydrogens (tertiary/aromatic N) is 1. The number of nitrogens with one attached hydrogen (secondary N) is 3. The molecule has 9 nitrogen and oxygen atoms in total. The second-order valence-corrected chi connectivity index (χ2v) is 8.68. The number of rotatable bonds is 8. The molecule has 0 bridgehead atoms. The second-order valence-electron chi connectivity index (χ2n) is 7.42. The molecule has 0 heterocycles. The molecule has 0 saturated heterocycles. The van der Waals surface area contributed by atoms with E-state index in [1.165, 1.54) is 31.5 Å². The van der Waals surface area contributed by atoms with E-state index < -0.39 is 23.5 Å². The summed E-state index contributed by atoms with van der Waals surface area (Å²) in [6.07, 6.45) is 1.26. The largest absolute Gasteiger partial charge is 0.493 e. The van der Waals surface area contributed by atoms with Gasteiger partial charge in [-0.25, -0.2) is 9.82 Å². The summed E-state index contributed by atoms with van der Waals surface area (Å²) in [6, 6.07) is 13.8. The molecule has 192 valence electrons. The number of hydrogen-bond acceptors (Lipinski definition) is 6. The van der Waals surface area contributed by atoms with Crippen LogP contribution in [0.4, 0.5) is 15.8 Å². The Labute approximate surface area is 225 Å². The van der Waals surface area contributed by atoms with Gasteiger partial charge in [0, 0.05) is 10.7 Å². The molecule has 3 aromatic rings. The number of amides is 3. The summed E-state index contributed by atoms with van der Waals surface area (Å²) in [5.41, 5.74) is 3.71. The third-order valence-electron chi connectivity index (χ3n) is 4.85. The van der Waals surface area contributed by atoms with E-state index in [4.69, 9.17) is 21.1 Å².